The van der Waals surface area contributed by atoms with Crippen LogP contribution in [0.3, 0.4) is 0 Å². The van der Waals surface area contributed by atoms with Crippen LogP contribution in [0.25, 0.3) is 0 Å². The van der Waals surface area contributed by atoms with Crippen LogP contribution in [-0.4, -0.2) is 0 Å². The molecule has 0 atom stereocenters. The van der Waals surface area contributed by atoms with E-state index < -0.39 is 0 Å². The second-order valence-corrected chi connectivity index (χ2v) is 4.94. The summed E-state index contributed by atoms with van der Waals surface area (Å²) in [6.45, 7) is 4.61. The highest BCUT2D eigenvalue weighted by Gasteiger charge is 2.31. The SMILES string of the molecule is CC1(C)c2ccccc2[CH]c2ccccc21. The van der Waals surface area contributed by atoms with Gasteiger partial charge >= 0.3 is 0 Å². The highest BCUT2D eigenvalue weighted by atomic mass is 14.3. The summed E-state index contributed by atoms with van der Waals surface area (Å²) in [7, 11) is 0. The van der Waals surface area contributed by atoms with Crippen molar-refractivity contribution in [3.63, 3.8) is 0 Å². The normalized spacial score (nSPS) is 16.4. The molecule has 0 N–H and O–H groups in total. The van der Waals surface area contributed by atoms with Crippen molar-refractivity contribution in [1.29, 1.82) is 0 Å². The van der Waals surface area contributed by atoms with Crippen LogP contribution in [0.5, 0.6) is 0 Å². The Morgan fingerprint density at radius 2 is 1.12 bits per heavy atom. The van der Waals surface area contributed by atoms with Gasteiger partial charge in [-0.25, -0.2) is 0 Å². The fraction of sp³-hybridized carbons (Fsp3) is 0.188. The maximum Gasteiger partial charge on any atom is 0.0205 e. The molecule has 0 heterocycles. The molecular weight excluding hydrogens is 192 g/mol. The van der Waals surface area contributed by atoms with Crippen LogP contribution in [0.4, 0.5) is 0 Å². The zero-order chi connectivity index (χ0) is 11.2. The van der Waals surface area contributed by atoms with Crippen molar-refractivity contribution in [3.05, 3.63) is 77.2 Å². The summed E-state index contributed by atoms with van der Waals surface area (Å²) in [5.74, 6) is 0. The summed E-state index contributed by atoms with van der Waals surface area (Å²) in [5.41, 5.74) is 5.67. The van der Waals surface area contributed by atoms with Crippen LogP contribution in [0.2, 0.25) is 0 Å². The average Bonchev–Trinajstić information content (AvgIpc) is 2.29. The molecule has 1 aliphatic carbocycles. The number of benzene rings is 2. The van der Waals surface area contributed by atoms with Gasteiger partial charge in [0.15, 0.2) is 0 Å². The molecule has 79 valence electrons. The minimum atomic E-state index is 0.113. The standard InChI is InChI=1S/C16H15/c1-16(2)14-9-5-3-7-12(14)11-13-8-4-6-10-15(13)16/h3-11H,1-2H3. The lowest BCUT2D eigenvalue weighted by molar-refractivity contribution is 0.624. The first-order valence-corrected chi connectivity index (χ1v) is 5.73. The maximum atomic E-state index is 2.30. The van der Waals surface area contributed by atoms with Gasteiger partial charge in [0.25, 0.3) is 0 Å². The first-order chi connectivity index (χ1) is 7.69. The van der Waals surface area contributed by atoms with Crippen molar-refractivity contribution >= 4 is 0 Å². The molecule has 16 heavy (non-hydrogen) atoms. The molecular formula is C16H15. The van der Waals surface area contributed by atoms with E-state index in [9.17, 15) is 0 Å². The third-order valence-electron chi connectivity index (χ3n) is 3.58. The highest BCUT2D eigenvalue weighted by Crippen LogP contribution is 2.41. The summed E-state index contributed by atoms with van der Waals surface area (Å²) >= 11 is 0. The average molecular weight is 207 g/mol. The van der Waals surface area contributed by atoms with Gasteiger partial charge in [-0.05, 0) is 22.3 Å². The third kappa shape index (κ3) is 1.23. The van der Waals surface area contributed by atoms with Crippen LogP contribution in [0.1, 0.15) is 36.1 Å². The molecule has 0 bridgehead atoms. The number of fused-ring (bicyclic) bond motifs is 2. The van der Waals surface area contributed by atoms with Gasteiger partial charge in [-0.3, -0.25) is 0 Å². The van der Waals surface area contributed by atoms with E-state index in [2.05, 4.69) is 68.8 Å². The fourth-order valence-electron chi connectivity index (χ4n) is 2.70. The van der Waals surface area contributed by atoms with E-state index in [4.69, 9.17) is 0 Å². The quantitative estimate of drug-likeness (QED) is 0.614. The Morgan fingerprint density at radius 1 is 0.688 bits per heavy atom. The molecule has 0 spiro atoms. The van der Waals surface area contributed by atoms with Crippen LogP contribution in [0, 0.1) is 6.42 Å². The van der Waals surface area contributed by atoms with Crippen LogP contribution < -0.4 is 0 Å². The van der Waals surface area contributed by atoms with Gasteiger partial charge in [-0.2, -0.15) is 0 Å². The van der Waals surface area contributed by atoms with E-state index in [1.165, 1.54) is 22.3 Å². The molecule has 0 fully saturated rings. The number of rotatable bonds is 0. The largest absolute Gasteiger partial charge is 0.0620 e. The van der Waals surface area contributed by atoms with Gasteiger partial charge in [0.05, 0.1) is 0 Å². The lowest BCUT2D eigenvalue weighted by Gasteiger charge is -2.34. The van der Waals surface area contributed by atoms with Gasteiger partial charge in [-0.15, -0.1) is 0 Å². The molecule has 3 rings (SSSR count). The molecule has 0 heteroatoms. The minimum absolute atomic E-state index is 0.113. The molecule has 1 aliphatic rings. The molecule has 0 aliphatic heterocycles. The lowest BCUT2D eigenvalue weighted by atomic mass is 9.69. The fourth-order valence-corrected chi connectivity index (χ4v) is 2.70. The van der Waals surface area contributed by atoms with Gasteiger partial charge in [0.2, 0.25) is 0 Å². The van der Waals surface area contributed by atoms with E-state index in [-0.39, 0.29) is 5.41 Å². The van der Waals surface area contributed by atoms with Gasteiger partial charge in [-0.1, -0.05) is 62.4 Å². The molecule has 0 amide bonds. The lowest BCUT2D eigenvalue weighted by Crippen LogP contribution is -2.26. The van der Waals surface area contributed by atoms with Crippen LogP contribution >= 0.6 is 0 Å². The molecule has 0 saturated heterocycles. The van der Waals surface area contributed by atoms with Crippen molar-refractivity contribution in [2.75, 3.05) is 0 Å². The van der Waals surface area contributed by atoms with Crippen LogP contribution in [-0.2, 0) is 5.41 Å². The zero-order valence-electron chi connectivity index (χ0n) is 9.70. The smallest absolute Gasteiger partial charge is 0.0205 e. The second-order valence-electron chi connectivity index (χ2n) is 4.94. The van der Waals surface area contributed by atoms with Crippen molar-refractivity contribution in [2.24, 2.45) is 0 Å². The maximum absolute atomic E-state index is 2.30. The van der Waals surface area contributed by atoms with Crippen molar-refractivity contribution in [2.45, 2.75) is 19.3 Å². The van der Waals surface area contributed by atoms with Gasteiger partial charge in [0, 0.05) is 11.8 Å². The zero-order valence-corrected chi connectivity index (χ0v) is 9.70. The van der Waals surface area contributed by atoms with Crippen LogP contribution in [0.15, 0.2) is 48.5 Å². The molecule has 0 aromatic heterocycles. The summed E-state index contributed by atoms with van der Waals surface area (Å²) < 4.78 is 0. The van der Waals surface area contributed by atoms with E-state index in [0.717, 1.165) is 0 Å². The second kappa shape index (κ2) is 3.21. The Bertz CT molecular complexity index is 488. The summed E-state index contributed by atoms with van der Waals surface area (Å²) in [5, 5.41) is 0. The van der Waals surface area contributed by atoms with Crippen molar-refractivity contribution in [3.8, 4) is 0 Å². The summed E-state index contributed by atoms with van der Waals surface area (Å²) in [6.07, 6.45) is 2.29. The number of hydrogen-bond donors (Lipinski definition) is 0. The Morgan fingerprint density at radius 3 is 1.62 bits per heavy atom. The van der Waals surface area contributed by atoms with E-state index in [0.29, 0.717) is 0 Å². The van der Waals surface area contributed by atoms with Crippen molar-refractivity contribution in [1.82, 2.24) is 0 Å². The van der Waals surface area contributed by atoms with Gasteiger partial charge in [0.1, 0.15) is 0 Å². The minimum Gasteiger partial charge on any atom is -0.0620 e. The summed E-state index contributed by atoms with van der Waals surface area (Å²) in [4.78, 5) is 0. The predicted octanol–water partition coefficient (Wildman–Crippen LogP) is 3.93. The Kier molecular flexibility index (Phi) is 1.94. The highest BCUT2D eigenvalue weighted by molar-refractivity contribution is 5.58. The molecule has 2 aromatic rings. The first kappa shape index (κ1) is 9.65. The van der Waals surface area contributed by atoms with E-state index >= 15 is 0 Å². The van der Waals surface area contributed by atoms with Gasteiger partial charge < -0.3 is 0 Å². The Labute approximate surface area is 96.9 Å². The topological polar surface area (TPSA) is 0 Å². The molecule has 0 unspecified atom stereocenters. The third-order valence-corrected chi connectivity index (χ3v) is 3.58. The van der Waals surface area contributed by atoms with E-state index in [1.807, 2.05) is 0 Å². The monoisotopic (exact) mass is 207 g/mol. The summed E-state index contributed by atoms with van der Waals surface area (Å²) in [6, 6.07) is 17.4. The number of hydrogen-bond acceptors (Lipinski definition) is 0. The predicted molar refractivity (Wildman–Crippen MR) is 67.5 cm³/mol. The molecule has 0 nitrogen and oxygen atoms in total. The van der Waals surface area contributed by atoms with E-state index in [1.54, 1.807) is 0 Å². The first-order valence-electron chi connectivity index (χ1n) is 5.73. The molecule has 0 saturated carbocycles. The Hall–Kier alpha value is -1.56. The Balaban J connectivity index is 2.28. The molecule has 2 aromatic carbocycles. The van der Waals surface area contributed by atoms with Crippen molar-refractivity contribution < 1.29 is 0 Å². The molecule has 1 radical (unpaired) electrons.